The minimum Gasteiger partial charge on any atom is -0.342 e. The molecule has 0 aromatic carbocycles. The molecule has 7 heteroatoms. The molecule has 2 aromatic heterocycles. The van der Waals surface area contributed by atoms with E-state index in [2.05, 4.69) is 34.6 Å². The van der Waals surface area contributed by atoms with Crippen LogP contribution in [0.25, 0.3) is 0 Å². The summed E-state index contributed by atoms with van der Waals surface area (Å²) in [4.78, 5) is 39.5. The number of amides is 2. The first-order valence-electron chi connectivity index (χ1n) is 11.0. The number of hydrogen-bond acceptors (Lipinski definition) is 4. The van der Waals surface area contributed by atoms with E-state index in [9.17, 15) is 9.59 Å². The van der Waals surface area contributed by atoms with Crippen LogP contribution in [-0.4, -0.2) is 62.3 Å². The fraction of sp³-hybridized carbons (Fsp3) is 0.565. The fourth-order valence-electron chi connectivity index (χ4n) is 5.05. The number of aromatic nitrogens is 3. The predicted octanol–water partition coefficient (Wildman–Crippen LogP) is 2.73. The molecule has 0 bridgehead atoms. The van der Waals surface area contributed by atoms with Gasteiger partial charge >= 0.3 is 0 Å². The SMILES string of the molecule is CC(C)n1cnc([C@@H]2CN(C(=O)c3ccncc3)C[C@]23CCN(CC2CC2)C3=O)c1. The van der Waals surface area contributed by atoms with Gasteiger partial charge < -0.3 is 14.4 Å². The van der Waals surface area contributed by atoms with Crippen LogP contribution in [0.3, 0.4) is 0 Å². The molecule has 5 rings (SSSR count). The van der Waals surface area contributed by atoms with Crippen LogP contribution in [0.15, 0.2) is 37.1 Å². The van der Waals surface area contributed by atoms with Crippen LogP contribution in [0.2, 0.25) is 0 Å². The molecule has 2 aliphatic heterocycles. The van der Waals surface area contributed by atoms with Gasteiger partial charge in [0.1, 0.15) is 0 Å². The molecule has 1 saturated carbocycles. The zero-order chi connectivity index (χ0) is 20.9. The van der Waals surface area contributed by atoms with Crippen molar-refractivity contribution in [1.82, 2.24) is 24.3 Å². The lowest BCUT2D eigenvalue weighted by Gasteiger charge is -2.27. The summed E-state index contributed by atoms with van der Waals surface area (Å²) >= 11 is 0. The lowest BCUT2D eigenvalue weighted by atomic mass is 9.75. The van der Waals surface area contributed by atoms with E-state index in [1.807, 2.05) is 16.1 Å². The molecule has 4 heterocycles. The summed E-state index contributed by atoms with van der Waals surface area (Å²) in [5, 5.41) is 0. The van der Waals surface area contributed by atoms with E-state index in [0.717, 1.165) is 25.2 Å². The first-order valence-corrected chi connectivity index (χ1v) is 11.0. The van der Waals surface area contributed by atoms with Gasteiger partial charge in [-0.3, -0.25) is 14.6 Å². The third kappa shape index (κ3) is 3.20. The van der Waals surface area contributed by atoms with Crippen molar-refractivity contribution in [3.05, 3.63) is 48.3 Å². The molecular formula is C23H29N5O2. The number of rotatable bonds is 5. The quantitative estimate of drug-likeness (QED) is 0.764. The topological polar surface area (TPSA) is 71.3 Å². The Morgan fingerprint density at radius 1 is 1.27 bits per heavy atom. The number of carbonyl (C=O) groups is 2. The maximum absolute atomic E-state index is 13.7. The van der Waals surface area contributed by atoms with Crippen molar-refractivity contribution in [3.8, 4) is 0 Å². The van der Waals surface area contributed by atoms with Crippen LogP contribution in [0.1, 0.15) is 61.1 Å². The summed E-state index contributed by atoms with van der Waals surface area (Å²) in [6, 6.07) is 3.79. The Balaban J connectivity index is 1.47. The van der Waals surface area contributed by atoms with Gasteiger partial charge in [-0.05, 0) is 51.2 Å². The number of likely N-dealkylation sites (tertiary alicyclic amines) is 2. The van der Waals surface area contributed by atoms with E-state index < -0.39 is 5.41 Å². The molecule has 2 saturated heterocycles. The van der Waals surface area contributed by atoms with Crippen molar-refractivity contribution < 1.29 is 9.59 Å². The van der Waals surface area contributed by atoms with Crippen molar-refractivity contribution in [1.29, 1.82) is 0 Å². The monoisotopic (exact) mass is 407 g/mol. The summed E-state index contributed by atoms with van der Waals surface area (Å²) in [7, 11) is 0. The Morgan fingerprint density at radius 3 is 2.70 bits per heavy atom. The molecule has 2 atom stereocenters. The predicted molar refractivity (Wildman–Crippen MR) is 112 cm³/mol. The van der Waals surface area contributed by atoms with Gasteiger partial charge in [-0.25, -0.2) is 4.98 Å². The molecule has 1 aliphatic carbocycles. The molecule has 2 aromatic rings. The van der Waals surface area contributed by atoms with Crippen molar-refractivity contribution in [3.63, 3.8) is 0 Å². The highest BCUT2D eigenvalue weighted by Crippen LogP contribution is 2.50. The van der Waals surface area contributed by atoms with Gasteiger partial charge in [0.05, 0.1) is 17.4 Å². The van der Waals surface area contributed by atoms with Crippen LogP contribution in [-0.2, 0) is 4.79 Å². The van der Waals surface area contributed by atoms with Crippen molar-refractivity contribution in [2.45, 2.75) is 45.1 Å². The number of carbonyl (C=O) groups excluding carboxylic acids is 2. The van der Waals surface area contributed by atoms with Gasteiger partial charge in [-0.1, -0.05) is 0 Å². The summed E-state index contributed by atoms with van der Waals surface area (Å²) in [5.74, 6) is 0.776. The smallest absolute Gasteiger partial charge is 0.254 e. The highest BCUT2D eigenvalue weighted by molar-refractivity contribution is 5.96. The largest absolute Gasteiger partial charge is 0.342 e. The van der Waals surface area contributed by atoms with Crippen LogP contribution in [0.5, 0.6) is 0 Å². The molecule has 2 amide bonds. The molecule has 1 spiro atoms. The molecule has 0 unspecified atom stereocenters. The normalized spacial score (nSPS) is 26.4. The Labute approximate surface area is 177 Å². The van der Waals surface area contributed by atoms with Crippen LogP contribution >= 0.6 is 0 Å². The van der Waals surface area contributed by atoms with Crippen LogP contribution < -0.4 is 0 Å². The third-order valence-electron chi connectivity index (χ3n) is 7.05. The third-order valence-corrected chi connectivity index (χ3v) is 7.05. The zero-order valence-electron chi connectivity index (χ0n) is 17.7. The Hall–Kier alpha value is -2.70. The van der Waals surface area contributed by atoms with Gasteiger partial charge in [0, 0.05) is 62.3 Å². The molecule has 30 heavy (non-hydrogen) atoms. The average molecular weight is 408 g/mol. The maximum Gasteiger partial charge on any atom is 0.254 e. The Morgan fingerprint density at radius 2 is 2.03 bits per heavy atom. The summed E-state index contributed by atoms with van der Waals surface area (Å²) in [6.45, 7) is 6.88. The highest BCUT2D eigenvalue weighted by atomic mass is 16.2. The van der Waals surface area contributed by atoms with Crippen LogP contribution in [0, 0.1) is 11.3 Å². The molecule has 3 fully saturated rings. The van der Waals surface area contributed by atoms with Gasteiger partial charge in [0.15, 0.2) is 0 Å². The molecular weight excluding hydrogens is 378 g/mol. The summed E-state index contributed by atoms with van der Waals surface area (Å²) < 4.78 is 2.08. The lowest BCUT2D eigenvalue weighted by Crippen LogP contribution is -2.41. The molecule has 7 nitrogen and oxygen atoms in total. The molecule has 0 radical (unpaired) electrons. The number of hydrogen-bond donors (Lipinski definition) is 0. The second-order valence-electron chi connectivity index (χ2n) is 9.41. The highest BCUT2D eigenvalue weighted by Gasteiger charge is 2.59. The molecule has 0 N–H and O–H groups in total. The standard InChI is InChI=1S/C23H29N5O2/c1-16(2)28-13-20(25-15-28)19-12-27(21(29)18-5-8-24-9-6-18)14-23(19)7-10-26(22(23)30)11-17-3-4-17/h5-6,8-9,13,15-17,19H,3-4,7,10-12,14H2,1-2H3/t19-,23+/m0/s1. The minimum absolute atomic E-state index is 0.0315. The maximum atomic E-state index is 13.7. The van der Waals surface area contributed by atoms with Crippen molar-refractivity contribution in [2.24, 2.45) is 11.3 Å². The Kier molecular flexibility index (Phi) is 4.64. The van der Waals surface area contributed by atoms with Gasteiger partial charge in [0.25, 0.3) is 5.91 Å². The number of nitrogens with zero attached hydrogens (tertiary/aromatic N) is 5. The van der Waals surface area contributed by atoms with Crippen molar-refractivity contribution in [2.75, 3.05) is 26.2 Å². The van der Waals surface area contributed by atoms with E-state index in [-0.39, 0.29) is 17.7 Å². The zero-order valence-corrected chi connectivity index (χ0v) is 17.7. The van der Waals surface area contributed by atoms with E-state index in [1.54, 1.807) is 24.5 Å². The second kappa shape index (κ2) is 7.22. The first-order chi connectivity index (χ1) is 14.5. The lowest BCUT2D eigenvalue weighted by molar-refractivity contribution is -0.136. The molecule has 158 valence electrons. The van der Waals surface area contributed by atoms with E-state index in [4.69, 9.17) is 0 Å². The molecule has 3 aliphatic rings. The van der Waals surface area contributed by atoms with Gasteiger partial charge in [-0.2, -0.15) is 0 Å². The number of pyridine rings is 1. The van der Waals surface area contributed by atoms with Gasteiger partial charge in [0.2, 0.25) is 5.91 Å². The van der Waals surface area contributed by atoms with E-state index in [0.29, 0.717) is 30.6 Å². The second-order valence-corrected chi connectivity index (χ2v) is 9.41. The minimum atomic E-state index is -0.562. The first kappa shape index (κ1) is 19.3. The van der Waals surface area contributed by atoms with Gasteiger partial charge in [-0.15, -0.1) is 0 Å². The Bertz CT molecular complexity index is 952. The van der Waals surface area contributed by atoms with E-state index >= 15 is 0 Å². The van der Waals surface area contributed by atoms with Crippen molar-refractivity contribution >= 4 is 11.8 Å². The number of imidazole rings is 1. The van der Waals surface area contributed by atoms with Crippen LogP contribution in [0.4, 0.5) is 0 Å². The summed E-state index contributed by atoms with van der Waals surface area (Å²) in [6.07, 6.45) is 10.4. The van der Waals surface area contributed by atoms with E-state index in [1.165, 1.54) is 12.8 Å². The fourth-order valence-corrected chi connectivity index (χ4v) is 5.05. The average Bonchev–Trinajstić information content (AvgIpc) is 3.17. The summed E-state index contributed by atoms with van der Waals surface area (Å²) in [5.41, 5.74) is 0.984.